The molecule has 1 heterocycles. The summed E-state index contributed by atoms with van der Waals surface area (Å²) in [6, 6.07) is -0.964. The Kier molecular flexibility index (Phi) is 2.82. The molecule has 0 bridgehead atoms. The van der Waals surface area contributed by atoms with Gasteiger partial charge >= 0.3 is 0 Å². The molecule has 1 aliphatic heterocycles. The minimum atomic E-state index is -0.964. The second-order valence-electron chi connectivity index (χ2n) is 4.57. The minimum Gasteiger partial charge on any atom is -0.0969 e. The van der Waals surface area contributed by atoms with Crippen LogP contribution in [0.25, 0.3) is 0 Å². The fourth-order valence-electron chi connectivity index (χ4n) is 1.69. The lowest BCUT2D eigenvalue weighted by molar-refractivity contribution is 0.705. The Hall–Kier alpha value is 0.650. The molecule has 0 aromatic heterocycles. The topological polar surface area (TPSA) is 0 Å². The normalized spacial score (nSPS) is 25.0. The van der Waals surface area contributed by atoms with Gasteiger partial charge in [-0.25, -0.2) is 0 Å². The molecule has 1 saturated heterocycles. The molecule has 1 aliphatic rings. The van der Waals surface area contributed by atoms with Crippen LogP contribution in [0.15, 0.2) is 0 Å². The molecule has 0 spiro atoms. The molecular weight excluding hydrogens is 171 g/mol. The lowest BCUT2D eigenvalue weighted by Gasteiger charge is -2.38. The predicted molar refractivity (Wildman–Crippen MR) is 57.6 cm³/mol. The van der Waals surface area contributed by atoms with Gasteiger partial charge in [-0.15, -0.1) is 0 Å². The Morgan fingerprint density at radius 2 is 1.45 bits per heavy atom. The third kappa shape index (κ3) is 2.06. The smallest absolute Gasteiger partial charge is 0.00889 e. The molecule has 2 heteroatoms. The zero-order chi connectivity index (χ0) is 8.54. The molecule has 0 saturated carbocycles. The minimum absolute atomic E-state index is 0.433. The van der Waals surface area contributed by atoms with Crippen molar-refractivity contribution in [2.24, 2.45) is 0 Å². The summed E-state index contributed by atoms with van der Waals surface area (Å²) >= 11 is 5.80. The van der Waals surface area contributed by atoms with Crippen molar-refractivity contribution in [3.8, 4) is 0 Å². The van der Waals surface area contributed by atoms with Crippen LogP contribution in [0.5, 0.6) is 0 Å². The summed E-state index contributed by atoms with van der Waals surface area (Å²) < 4.78 is 0. The van der Waals surface area contributed by atoms with E-state index >= 15 is 0 Å². The number of hydrogen-bond acceptors (Lipinski definition) is 1. The fraction of sp³-hybridized carbons (Fsp3) is 1.00. The molecule has 0 nitrogen and oxygen atoms in total. The van der Waals surface area contributed by atoms with E-state index in [0.29, 0.717) is 5.16 Å². The second kappa shape index (κ2) is 3.18. The average molecular weight is 190 g/mol. The Labute approximate surface area is 75.8 Å². The monoisotopic (exact) mass is 190 g/mol. The summed E-state index contributed by atoms with van der Waals surface area (Å²) in [5.41, 5.74) is 0. The third-order valence-corrected chi connectivity index (χ3v) is 10.0. The van der Waals surface area contributed by atoms with Gasteiger partial charge in [0.25, 0.3) is 0 Å². The lowest BCUT2D eigenvalue weighted by Crippen LogP contribution is -2.21. The molecule has 66 valence electrons. The molecule has 1 rings (SSSR count). The molecule has 0 amide bonds. The fourth-order valence-corrected chi connectivity index (χ4v) is 5.50. The molecule has 0 N–H and O–H groups in total. The maximum Gasteiger partial charge on any atom is -0.00889 e. The van der Waals surface area contributed by atoms with Gasteiger partial charge in [0.15, 0.2) is 0 Å². The van der Waals surface area contributed by atoms with E-state index in [9.17, 15) is 0 Å². The molecule has 1 fully saturated rings. The molecule has 0 aliphatic carbocycles. The quantitative estimate of drug-likeness (QED) is 0.527. The Morgan fingerprint density at radius 1 is 1.00 bits per heavy atom. The van der Waals surface area contributed by atoms with Gasteiger partial charge in [0.1, 0.15) is 0 Å². The maximum atomic E-state index is 5.80. The first-order chi connectivity index (χ1) is 4.96. The highest BCUT2D eigenvalue weighted by molar-refractivity contribution is 8.15. The average Bonchev–Trinajstić information content (AvgIpc) is 1.87. The first kappa shape index (κ1) is 9.74. The van der Waals surface area contributed by atoms with Gasteiger partial charge in [-0.1, -0.05) is 39.0 Å². The Balaban J connectivity index is 2.73. The van der Waals surface area contributed by atoms with Crippen LogP contribution in [0, 0.1) is 0 Å². The van der Waals surface area contributed by atoms with E-state index in [1.165, 1.54) is 31.6 Å². The molecular formula is C9H19PS. The van der Waals surface area contributed by atoms with Crippen molar-refractivity contribution in [1.82, 2.24) is 0 Å². The molecule has 0 aromatic rings. The Morgan fingerprint density at radius 3 is 1.73 bits per heavy atom. The predicted octanol–water partition coefficient (Wildman–Crippen LogP) is 3.45. The van der Waals surface area contributed by atoms with Crippen molar-refractivity contribution in [3.63, 3.8) is 0 Å². The highest BCUT2D eigenvalue weighted by atomic mass is 32.4. The van der Waals surface area contributed by atoms with Crippen molar-refractivity contribution < 1.29 is 0 Å². The molecule has 0 atom stereocenters. The van der Waals surface area contributed by atoms with E-state index in [-0.39, 0.29) is 0 Å². The standard InChI is InChI=1S/C9H19PS/c1-9(2,3)10(11)7-5-4-6-8-10/h4-8H2,1-3H3. The molecule has 0 aromatic carbocycles. The largest absolute Gasteiger partial charge is 0.0969 e. The van der Waals surface area contributed by atoms with Crippen LogP contribution in [0.2, 0.25) is 0 Å². The van der Waals surface area contributed by atoms with Crippen LogP contribution in [0.3, 0.4) is 0 Å². The van der Waals surface area contributed by atoms with E-state index in [1.807, 2.05) is 0 Å². The zero-order valence-corrected chi connectivity index (χ0v) is 9.60. The van der Waals surface area contributed by atoms with Gasteiger partial charge in [0.05, 0.1) is 0 Å². The highest BCUT2D eigenvalue weighted by Crippen LogP contribution is 2.60. The molecule has 0 radical (unpaired) electrons. The third-order valence-electron chi connectivity index (χ3n) is 2.76. The number of rotatable bonds is 0. The second-order valence-corrected chi connectivity index (χ2v) is 10.7. The van der Waals surface area contributed by atoms with Gasteiger partial charge in [-0.3, -0.25) is 0 Å². The Bertz CT molecular complexity index is 168. The van der Waals surface area contributed by atoms with Crippen LogP contribution >= 0.6 is 6.04 Å². The van der Waals surface area contributed by atoms with Crippen molar-refractivity contribution in [2.45, 2.75) is 45.2 Å². The maximum absolute atomic E-state index is 5.80. The summed E-state index contributed by atoms with van der Waals surface area (Å²) in [5.74, 6) is 0. The van der Waals surface area contributed by atoms with E-state index in [4.69, 9.17) is 11.8 Å². The van der Waals surface area contributed by atoms with E-state index in [2.05, 4.69) is 20.8 Å². The van der Waals surface area contributed by atoms with Gasteiger partial charge in [-0.2, -0.15) is 0 Å². The van der Waals surface area contributed by atoms with Crippen molar-refractivity contribution in [3.05, 3.63) is 0 Å². The van der Waals surface area contributed by atoms with Gasteiger partial charge in [0, 0.05) is 0 Å². The van der Waals surface area contributed by atoms with Crippen LogP contribution < -0.4 is 0 Å². The lowest BCUT2D eigenvalue weighted by atomic mass is 10.2. The van der Waals surface area contributed by atoms with Crippen LogP contribution in [0.1, 0.15) is 40.0 Å². The van der Waals surface area contributed by atoms with E-state index < -0.39 is 6.04 Å². The first-order valence-corrected chi connectivity index (χ1v) is 7.71. The molecule has 0 unspecified atom stereocenters. The summed E-state index contributed by atoms with van der Waals surface area (Å²) in [7, 11) is 0. The van der Waals surface area contributed by atoms with Gasteiger partial charge in [0.2, 0.25) is 0 Å². The summed E-state index contributed by atoms with van der Waals surface area (Å²) in [6.07, 6.45) is 6.95. The van der Waals surface area contributed by atoms with Crippen LogP contribution in [-0.2, 0) is 11.8 Å². The van der Waals surface area contributed by atoms with Crippen molar-refractivity contribution >= 4 is 17.8 Å². The van der Waals surface area contributed by atoms with Crippen LogP contribution in [0.4, 0.5) is 0 Å². The summed E-state index contributed by atoms with van der Waals surface area (Å²) in [4.78, 5) is 0. The highest BCUT2D eigenvalue weighted by Gasteiger charge is 2.32. The molecule has 11 heavy (non-hydrogen) atoms. The van der Waals surface area contributed by atoms with Crippen molar-refractivity contribution in [1.29, 1.82) is 0 Å². The zero-order valence-electron chi connectivity index (χ0n) is 7.89. The SMILES string of the molecule is CC(C)(C)P1(=S)CCCCC1. The van der Waals surface area contributed by atoms with Crippen LogP contribution in [-0.4, -0.2) is 17.5 Å². The van der Waals surface area contributed by atoms with E-state index in [1.54, 1.807) is 0 Å². The summed E-state index contributed by atoms with van der Waals surface area (Å²) in [6.45, 7) is 7.00. The number of hydrogen-bond donors (Lipinski definition) is 0. The first-order valence-electron chi connectivity index (χ1n) is 4.54. The van der Waals surface area contributed by atoms with Gasteiger partial charge in [-0.05, 0) is 36.4 Å². The summed E-state index contributed by atoms with van der Waals surface area (Å²) in [5, 5.41) is 0.433. The van der Waals surface area contributed by atoms with E-state index in [0.717, 1.165) is 0 Å². The van der Waals surface area contributed by atoms with Crippen molar-refractivity contribution in [2.75, 3.05) is 12.3 Å². The van der Waals surface area contributed by atoms with Gasteiger partial charge < -0.3 is 0 Å².